The molecule has 0 aromatic heterocycles. The molecule has 4 nitrogen and oxygen atoms in total. The molecule has 16 heavy (non-hydrogen) atoms. The molecule has 0 aromatic rings. The molecule has 0 saturated carbocycles. The van der Waals surface area contributed by atoms with E-state index in [9.17, 15) is 9.90 Å². The van der Waals surface area contributed by atoms with Crippen LogP contribution in [0.3, 0.4) is 0 Å². The molecule has 0 unspecified atom stereocenters. The van der Waals surface area contributed by atoms with E-state index in [1.54, 1.807) is 0 Å². The van der Waals surface area contributed by atoms with E-state index in [-0.39, 0.29) is 17.9 Å². The average Bonchev–Trinajstić information content (AvgIpc) is 2.33. The Bertz CT molecular complexity index is 251. The number of aliphatic hydroxyl groups is 1. The Kier molecular flexibility index (Phi) is 3.82. The predicted molar refractivity (Wildman–Crippen MR) is 62.0 cm³/mol. The second-order valence-corrected chi connectivity index (χ2v) is 5.14. The number of hydrogen-bond acceptors (Lipinski definition) is 3. The maximum atomic E-state index is 12.2. The smallest absolute Gasteiger partial charge is 0.225 e. The summed E-state index contributed by atoms with van der Waals surface area (Å²) < 4.78 is 0. The van der Waals surface area contributed by atoms with Crippen LogP contribution in [0.2, 0.25) is 0 Å². The van der Waals surface area contributed by atoms with Crippen molar-refractivity contribution in [2.75, 3.05) is 26.2 Å². The fraction of sp³-hybridized carbons (Fsp3) is 0.917. The third-order valence-electron chi connectivity index (χ3n) is 3.86. The zero-order chi connectivity index (χ0) is 11.5. The summed E-state index contributed by atoms with van der Waals surface area (Å²) in [5.74, 6) is 0.739. The van der Waals surface area contributed by atoms with Gasteiger partial charge >= 0.3 is 0 Å². The first-order chi connectivity index (χ1) is 7.68. The van der Waals surface area contributed by atoms with Crippen LogP contribution in [0.5, 0.6) is 0 Å². The van der Waals surface area contributed by atoms with E-state index in [1.807, 2.05) is 11.8 Å². The fourth-order valence-corrected chi connectivity index (χ4v) is 2.66. The van der Waals surface area contributed by atoms with Crippen LogP contribution in [-0.4, -0.2) is 48.2 Å². The summed E-state index contributed by atoms with van der Waals surface area (Å²) in [5, 5.41) is 12.9. The maximum Gasteiger partial charge on any atom is 0.225 e. The highest BCUT2D eigenvalue weighted by Gasteiger charge is 2.31. The van der Waals surface area contributed by atoms with E-state index >= 15 is 0 Å². The van der Waals surface area contributed by atoms with Crippen molar-refractivity contribution in [2.24, 2.45) is 11.8 Å². The first-order valence-corrected chi connectivity index (χ1v) is 6.36. The van der Waals surface area contributed by atoms with Gasteiger partial charge in [-0.05, 0) is 38.3 Å². The van der Waals surface area contributed by atoms with E-state index in [0.717, 1.165) is 45.4 Å². The average molecular weight is 226 g/mol. The van der Waals surface area contributed by atoms with Crippen molar-refractivity contribution in [3.05, 3.63) is 0 Å². The van der Waals surface area contributed by atoms with Crippen molar-refractivity contribution >= 4 is 5.91 Å². The quantitative estimate of drug-likeness (QED) is 0.672. The maximum absolute atomic E-state index is 12.2. The number of carbonyl (C=O) groups excluding carboxylic acids is 1. The first kappa shape index (κ1) is 11.9. The lowest BCUT2D eigenvalue weighted by molar-refractivity contribution is -0.139. The number of amides is 1. The highest BCUT2D eigenvalue weighted by atomic mass is 16.3. The number of likely N-dealkylation sites (tertiary alicyclic amines) is 1. The van der Waals surface area contributed by atoms with Crippen LogP contribution in [0.15, 0.2) is 0 Å². The molecular weight excluding hydrogens is 204 g/mol. The number of nitrogens with zero attached hydrogens (tertiary/aromatic N) is 1. The van der Waals surface area contributed by atoms with Gasteiger partial charge in [0.15, 0.2) is 0 Å². The van der Waals surface area contributed by atoms with Gasteiger partial charge < -0.3 is 15.3 Å². The monoisotopic (exact) mass is 226 g/mol. The van der Waals surface area contributed by atoms with Crippen LogP contribution in [0.1, 0.15) is 26.2 Å². The molecule has 0 radical (unpaired) electrons. The van der Waals surface area contributed by atoms with Gasteiger partial charge in [0.05, 0.1) is 6.10 Å². The van der Waals surface area contributed by atoms with Crippen LogP contribution >= 0.6 is 0 Å². The molecular formula is C12H22N2O2. The molecule has 2 saturated heterocycles. The van der Waals surface area contributed by atoms with E-state index < -0.39 is 0 Å². The van der Waals surface area contributed by atoms with Gasteiger partial charge in [0.1, 0.15) is 0 Å². The lowest BCUT2D eigenvalue weighted by Crippen LogP contribution is -2.48. The minimum Gasteiger partial charge on any atom is -0.393 e. The zero-order valence-electron chi connectivity index (χ0n) is 9.98. The van der Waals surface area contributed by atoms with Gasteiger partial charge in [-0.25, -0.2) is 0 Å². The standard InChI is InChI=1S/C12H22N2O2/c1-9-8-14(7-4-11(9)15)12(16)10-2-5-13-6-3-10/h9-11,13,15H,2-8H2,1H3/t9-,11-/m0/s1. The number of carbonyl (C=O) groups is 1. The number of rotatable bonds is 1. The SMILES string of the molecule is C[C@H]1CN(C(=O)C2CCNCC2)CC[C@@H]1O. The van der Waals surface area contributed by atoms with Gasteiger partial charge in [0.25, 0.3) is 0 Å². The van der Waals surface area contributed by atoms with E-state index in [2.05, 4.69) is 5.32 Å². The van der Waals surface area contributed by atoms with Crippen molar-refractivity contribution < 1.29 is 9.90 Å². The second kappa shape index (κ2) is 5.15. The van der Waals surface area contributed by atoms with Gasteiger partial charge in [-0.2, -0.15) is 0 Å². The van der Waals surface area contributed by atoms with Gasteiger partial charge in [0, 0.05) is 19.0 Å². The molecule has 2 N–H and O–H groups in total. The van der Waals surface area contributed by atoms with Crippen LogP contribution < -0.4 is 5.32 Å². The lowest BCUT2D eigenvalue weighted by atomic mass is 9.92. The molecule has 0 aromatic carbocycles. The number of aliphatic hydroxyl groups excluding tert-OH is 1. The van der Waals surface area contributed by atoms with Gasteiger partial charge in [-0.3, -0.25) is 4.79 Å². The Hall–Kier alpha value is -0.610. The van der Waals surface area contributed by atoms with Crippen LogP contribution in [0.4, 0.5) is 0 Å². The van der Waals surface area contributed by atoms with Crippen molar-refractivity contribution in [3.8, 4) is 0 Å². The summed E-state index contributed by atoms with van der Waals surface area (Å²) in [6.07, 6.45) is 2.44. The van der Waals surface area contributed by atoms with Crippen molar-refractivity contribution in [1.29, 1.82) is 0 Å². The molecule has 2 aliphatic rings. The van der Waals surface area contributed by atoms with Crippen molar-refractivity contribution in [1.82, 2.24) is 10.2 Å². The minimum atomic E-state index is -0.225. The first-order valence-electron chi connectivity index (χ1n) is 6.36. The molecule has 92 valence electrons. The van der Waals surface area contributed by atoms with Gasteiger partial charge in [-0.1, -0.05) is 6.92 Å². The molecule has 1 amide bonds. The Morgan fingerprint density at radius 1 is 1.31 bits per heavy atom. The van der Waals surface area contributed by atoms with E-state index in [1.165, 1.54) is 0 Å². The Labute approximate surface area is 97.0 Å². The predicted octanol–water partition coefficient (Wildman–Crippen LogP) is 0.215. The molecule has 2 aliphatic heterocycles. The van der Waals surface area contributed by atoms with Crippen LogP contribution in [0, 0.1) is 11.8 Å². The molecule has 2 atom stereocenters. The van der Waals surface area contributed by atoms with Gasteiger partial charge in [-0.15, -0.1) is 0 Å². The summed E-state index contributed by atoms with van der Waals surface area (Å²) in [7, 11) is 0. The minimum absolute atomic E-state index is 0.212. The second-order valence-electron chi connectivity index (χ2n) is 5.14. The molecule has 0 bridgehead atoms. The molecule has 0 aliphatic carbocycles. The zero-order valence-corrected chi connectivity index (χ0v) is 9.98. The third kappa shape index (κ3) is 2.55. The van der Waals surface area contributed by atoms with E-state index in [4.69, 9.17) is 0 Å². The topological polar surface area (TPSA) is 52.6 Å². The van der Waals surface area contributed by atoms with E-state index in [0.29, 0.717) is 5.91 Å². The summed E-state index contributed by atoms with van der Waals surface area (Å²) in [5.41, 5.74) is 0. The van der Waals surface area contributed by atoms with Crippen molar-refractivity contribution in [3.63, 3.8) is 0 Å². The highest BCUT2D eigenvalue weighted by molar-refractivity contribution is 5.79. The fourth-order valence-electron chi connectivity index (χ4n) is 2.66. The Morgan fingerprint density at radius 3 is 2.62 bits per heavy atom. The number of piperidine rings is 2. The molecule has 4 heteroatoms. The van der Waals surface area contributed by atoms with Crippen molar-refractivity contribution in [2.45, 2.75) is 32.3 Å². The van der Waals surface area contributed by atoms with Gasteiger partial charge in [0.2, 0.25) is 5.91 Å². The molecule has 0 spiro atoms. The third-order valence-corrected chi connectivity index (χ3v) is 3.86. The summed E-state index contributed by atoms with van der Waals surface area (Å²) in [4.78, 5) is 14.2. The summed E-state index contributed by atoms with van der Waals surface area (Å²) >= 11 is 0. The molecule has 2 fully saturated rings. The van der Waals surface area contributed by atoms with Crippen LogP contribution in [-0.2, 0) is 4.79 Å². The highest BCUT2D eigenvalue weighted by Crippen LogP contribution is 2.21. The largest absolute Gasteiger partial charge is 0.393 e. The normalized spacial score (nSPS) is 32.8. The number of nitrogens with one attached hydrogen (secondary N) is 1. The molecule has 2 rings (SSSR count). The Balaban J connectivity index is 1.89. The molecule has 2 heterocycles. The Morgan fingerprint density at radius 2 is 2.00 bits per heavy atom. The number of hydrogen-bond donors (Lipinski definition) is 2. The summed E-state index contributed by atoms with van der Waals surface area (Å²) in [6, 6.07) is 0. The summed E-state index contributed by atoms with van der Waals surface area (Å²) in [6.45, 7) is 5.40. The van der Waals surface area contributed by atoms with Crippen LogP contribution in [0.25, 0.3) is 0 Å². The lowest BCUT2D eigenvalue weighted by Gasteiger charge is -2.37.